The van der Waals surface area contributed by atoms with Crippen LogP contribution in [0.4, 0.5) is 0 Å². The molecule has 0 aliphatic rings. The van der Waals surface area contributed by atoms with Gasteiger partial charge in [-0.3, -0.25) is 0 Å². The number of carbonyl (C=O) groups is 1. The highest BCUT2D eigenvalue weighted by molar-refractivity contribution is 5.77. The van der Waals surface area contributed by atoms with Crippen LogP contribution in [0.25, 0.3) is 0 Å². The van der Waals surface area contributed by atoms with Crippen LogP contribution in [0.1, 0.15) is 11.1 Å². The van der Waals surface area contributed by atoms with E-state index in [-0.39, 0.29) is 5.97 Å². The van der Waals surface area contributed by atoms with Gasteiger partial charge in [0.15, 0.2) is 6.04 Å². The molecule has 1 atom stereocenters. The van der Waals surface area contributed by atoms with Crippen molar-refractivity contribution in [3.63, 3.8) is 0 Å². The molecule has 2 rings (SSSR count). The fraction of sp³-hybridized carbons (Fsp3) is 0.222. The van der Waals surface area contributed by atoms with Gasteiger partial charge in [-0.25, -0.2) is 14.8 Å². The van der Waals surface area contributed by atoms with Crippen LogP contribution < -0.4 is 0 Å². The Morgan fingerprint density at radius 3 is 2.23 bits per heavy atom. The minimum atomic E-state index is -0.619. The van der Waals surface area contributed by atoms with Crippen molar-refractivity contribution in [3.05, 3.63) is 71.8 Å². The number of hydrogen-bond acceptors (Lipinski definition) is 4. The number of rotatable bonds is 6. The third-order valence-corrected chi connectivity index (χ3v) is 3.13. The molecule has 0 spiro atoms. The molecule has 4 nitrogen and oxygen atoms in total. The monoisotopic (exact) mass is 294 g/mol. The zero-order valence-electron chi connectivity index (χ0n) is 12.5. The molecular formula is C18H18N2O2. The van der Waals surface area contributed by atoms with E-state index in [1.165, 1.54) is 7.11 Å². The number of esters is 1. The van der Waals surface area contributed by atoms with Crippen molar-refractivity contribution >= 4 is 12.0 Å². The Balaban J connectivity index is 2.03. The normalized spacial score (nSPS) is 11.1. The Bertz CT molecular complexity index is 647. The summed E-state index contributed by atoms with van der Waals surface area (Å²) < 4.78 is 4.79. The van der Waals surface area contributed by atoms with Gasteiger partial charge in [0, 0.05) is 6.42 Å². The lowest BCUT2D eigenvalue weighted by Gasteiger charge is -2.08. The second-order valence-corrected chi connectivity index (χ2v) is 4.76. The van der Waals surface area contributed by atoms with Gasteiger partial charge in [0.25, 0.3) is 0 Å². The van der Waals surface area contributed by atoms with E-state index in [0.29, 0.717) is 13.0 Å². The zero-order chi connectivity index (χ0) is 15.6. The maximum Gasteiger partial charge on any atom is 0.331 e. The second kappa shape index (κ2) is 8.55. The molecule has 22 heavy (non-hydrogen) atoms. The molecule has 0 amide bonds. The first-order valence-corrected chi connectivity index (χ1v) is 7.06. The molecule has 2 aromatic rings. The summed E-state index contributed by atoms with van der Waals surface area (Å²) in [4.78, 5) is 20.0. The number of benzene rings is 2. The summed E-state index contributed by atoms with van der Waals surface area (Å²) in [6.07, 6.45) is 0.474. The Kier molecular flexibility index (Phi) is 6.09. The molecule has 0 heterocycles. The molecule has 4 heteroatoms. The SMILES string of the molecule is COC(=O)[C@H](Cc1ccccc1)N=C=NCc1ccccc1. The van der Waals surface area contributed by atoms with Crippen molar-refractivity contribution in [2.24, 2.45) is 9.98 Å². The molecule has 0 aliphatic carbocycles. The van der Waals surface area contributed by atoms with E-state index >= 15 is 0 Å². The topological polar surface area (TPSA) is 51.0 Å². The summed E-state index contributed by atoms with van der Waals surface area (Å²) in [6.45, 7) is 0.490. The summed E-state index contributed by atoms with van der Waals surface area (Å²) >= 11 is 0. The predicted octanol–water partition coefficient (Wildman–Crippen LogP) is 3.14. The lowest BCUT2D eigenvalue weighted by Crippen LogP contribution is -2.22. The zero-order valence-corrected chi connectivity index (χ0v) is 12.5. The van der Waals surface area contributed by atoms with Crippen molar-refractivity contribution in [1.29, 1.82) is 0 Å². The van der Waals surface area contributed by atoms with Crippen molar-refractivity contribution in [2.75, 3.05) is 7.11 Å². The van der Waals surface area contributed by atoms with Crippen LogP contribution >= 0.6 is 0 Å². The predicted molar refractivity (Wildman–Crippen MR) is 86.0 cm³/mol. The van der Waals surface area contributed by atoms with Gasteiger partial charge in [0.1, 0.15) is 0 Å². The number of nitrogens with zero attached hydrogens (tertiary/aromatic N) is 2. The molecule has 0 radical (unpaired) electrons. The Labute approximate surface area is 130 Å². The van der Waals surface area contributed by atoms with E-state index in [4.69, 9.17) is 4.74 Å². The van der Waals surface area contributed by atoms with Crippen molar-refractivity contribution in [1.82, 2.24) is 0 Å². The first-order chi connectivity index (χ1) is 10.8. The van der Waals surface area contributed by atoms with Gasteiger partial charge in [0.2, 0.25) is 0 Å². The van der Waals surface area contributed by atoms with Crippen LogP contribution in [0.2, 0.25) is 0 Å². The molecule has 0 fully saturated rings. The summed E-state index contributed by atoms with van der Waals surface area (Å²) in [6, 6.07) is 21.5. The molecule has 0 aromatic heterocycles. The number of ether oxygens (including phenoxy) is 1. The van der Waals surface area contributed by atoms with Crippen LogP contribution in [0.15, 0.2) is 70.6 Å². The highest BCUT2D eigenvalue weighted by atomic mass is 16.5. The van der Waals surface area contributed by atoms with Crippen LogP contribution in [-0.2, 0) is 22.5 Å². The average molecular weight is 294 g/mol. The lowest BCUT2D eigenvalue weighted by atomic mass is 10.1. The number of carbonyl (C=O) groups excluding carboxylic acids is 1. The summed E-state index contributed by atoms with van der Waals surface area (Å²) in [5, 5.41) is 0. The standard InChI is InChI=1S/C18H18N2O2/c1-22-18(21)17(12-15-8-4-2-5-9-15)20-14-19-13-16-10-6-3-7-11-16/h2-11,17H,12-13H2,1H3/t17-/m0/s1. The Morgan fingerprint density at radius 2 is 1.64 bits per heavy atom. The van der Waals surface area contributed by atoms with Gasteiger partial charge in [-0.1, -0.05) is 60.7 Å². The van der Waals surface area contributed by atoms with E-state index in [1.54, 1.807) is 0 Å². The van der Waals surface area contributed by atoms with Crippen molar-refractivity contribution < 1.29 is 9.53 Å². The molecule has 0 unspecified atom stereocenters. The molecule has 0 saturated heterocycles. The van der Waals surface area contributed by atoms with E-state index in [2.05, 4.69) is 16.0 Å². The summed E-state index contributed by atoms with van der Waals surface area (Å²) in [5.41, 5.74) is 2.09. The number of hydrogen-bond donors (Lipinski definition) is 0. The molecular weight excluding hydrogens is 276 g/mol. The van der Waals surface area contributed by atoms with E-state index in [1.807, 2.05) is 60.7 Å². The van der Waals surface area contributed by atoms with E-state index < -0.39 is 6.04 Å². The maximum absolute atomic E-state index is 11.8. The first kappa shape index (κ1) is 15.7. The van der Waals surface area contributed by atoms with Gasteiger partial charge in [-0.2, -0.15) is 0 Å². The van der Waals surface area contributed by atoms with Gasteiger partial charge < -0.3 is 4.74 Å². The number of methoxy groups -OCH3 is 1. The summed E-state index contributed by atoms with van der Waals surface area (Å²) in [7, 11) is 1.36. The fourth-order valence-corrected chi connectivity index (χ4v) is 1.98. The summed E-state index contributed by atoms with van der Waals surface area (Å²) in [5.74, 6) is -0.383. The quantitative estimate of drug-likeness (QED) is 0.607. The van der Waals surface area contributed by atoms with Crippen LogP contribution in [0, 0.1) is 0 Å². The van der Waals surface area contributed by atoms with Gasteiger partial charge in [-0.05, 0) is 11.1 Å². The first-order valence-electron chi connectivity index (χ1n) is 7.06. The van der Waals surface area contributed by atoms with Crippen molar-refractivity contribution in [2.45, 2.75) is 19.0 Å². The molecule has 0 saturated carbocycles. The van der Waals surface area contributed by atoms with Crippen LogP contribution in [0.3, 0.4) is 0 Å². The van der Waals surface area contributed by atoms with Crippen LogP contribution in [-0.4, -0.2) is 25.1 Å². The molecule has 112 valence electrons. The Hall–Kier alpha value is -2.71. The van der Waals surface area contributed by atoms with Gasteiger partial charge >= 0.3 is 5.97 Å². The highest BCUT2D eigenvalue weighted by Gasteiger charge is 2.18. The minimum absolute atomic E-state index is 0.383. The third kappa shape index (κ3) is 5.00. The largest absolute Gasteiger partial charge is 0.467 e. The number of aliphatic imine (C=N–C) groups is 2. The molecule has 0 aliphatic heterocycles. The fourth-order valence-electron chi connectivity index (χ4n) is 1.98. The second-order valence-electron chi connectivity index (χ2n) is 4.76. The molecule has 0 N–H and O–H groups in total. The van der Waals surface area contributed by atoms with Crippen LogP contribution in [0.5, 0.6) is 0 Å². The average Bonchev–Trinajstić information content (AvgIpc) is 2.58. The third-order valence-electron chi connectivity index (χ3n) is 3.13. The minimum Gasteiger partial charge on any atom is -0.467 e. The van der Waals surface area contributed by atoms with Gasteiger partial charge in [-0.15, -0.1) is 0 Å². The molecule has 0 bridgehead atoms. The maximum atomic E-state index is 11.8. The van der Waals surface area contributed by atoms with E-state index in [9.17, 15) is 4.79 Å². The Morgan fingerprint density at radius 1 is 1.05 bits per heavy atom. The smallest absolute Gasteiger partial charge is 0.331 e. The van der Waals surface area contributed by atoms with E-state index in [0.717, 1.165) is 11.1 Å². The van der Waals surface area contributed by atoms with Gasteiger partial charge in [0.05, 0.1) is 19.7 Å². The lowest BCUT2D eigenvalue weighted by molar-refractivity contribution is -0.142. The highest BCUT2D eigenvalue weighted by Crippen LogP contribution is 2.07. The molecule has 2 aromatic carbocycles. The van der Waals surface area contributed by atoms with Crippen molar-refractivity contribution in [3.8, 4) is 0 Å².